The molecule has 0 saturated carbocycles. The second-order valence-electron chi connectivity index (χ2n) is 6.80. The number of nitrogens with zero attached hydrogens (tertiary/aromatic N) is 1. The summed E-state index contributed by atoms with van der Waals surface area (Å²) in [6.45, 7) is 5.89. The van der Waals surface area contributed by atoms with Gasteiger partial charge in [-0.15, -0.1) is 0 Å². The van der Waals surface area contributed by atoms with E-state index in [1.165, 1.54) is 5.56 Å². The lowest BCUT2D eigenvalue weighted by Gasteiger charge is -2.33. The Morgan fingerprint density at radius 3 is 2.73 bits per heavy atom. The number of ether oxygens (including phenoxy) is 1. The maximum Gasteiger partial charge on any atom is 0.254 e. The summed E-state index contributed by atoms with van der Waals surface area (Å²) in [5.41, 5.74) is 5.25. The first-order chi connectivity index (χ1) is 12.5. The number of rotatable bonds is 2. The molecule has 2 aromatic carbocycles. The van der Waals surface area contributed by atoms with Gasteiger partial charge in [0.2, 0.25) is 0 Å². The minimum absolute atomic E-state index is 0.0653. The Morgan fingerprint density at radius 2 is 1.96 bits per heavy atom. The van der Waals surface area contributed by atoms with E-state index < -0.39 is 0 Å². The highest BCUT2D eigenvalue weighted by Crippen LogP contribution is 2.26. The molecule has 1 saturated heterocycles. The van der Waals surface area contributed by atoms with Crippen LogP contribution >= 0.6 is 15.9 Å². The molecule has 1 unspecified atom stereocenters. The van der Waals surface area contributed by atoms with Crippen LogP contribution in [0.25, 0.3) is 10.9 Å². The standard InChI is InChI=1S/C21H21BrN2O2/c1-13-14(2)23-19-8-5-16(11-18(13)19)21(25)24-9-10-26-20(12-24)15-3-6-17(22)7-4-15/h3-8,11,20,23H,9-10,12H2,1-2H3. The van der Waals surface area contributed by atoms with E-state index >= 15 is 0 Å². The van der Waals surface area contributed by atoms with E-state index in [0.717, 1.165) is 32.2 Å². The van der Waals surface area contributed by atoms with Crippen molar-refractivity contribution in [2.75, 3.05) is 19.7 Å². The van der Waals surface area contributed by atoms with Crippen LogP contribution in [-0.2, 0) is 4.74 Å². The van der Waals surface area contributed by atoms with Gasteiger partial charge in [0, 0.05) is 33.2 Å². The zero-order valence-electron chi connectivity index (χ0n) is 14.9. The molecule has 0 spiro atoms. The van der Waals surface area contributed by atoms with Crippen molar-refractivity contribution < 1.29 is 9.53 Å². The third-order valence-corrected chi connectivity index (χ3v) is 5.68. The van der Waals surface area contributed by atoms with E-state index in [9.17, 15) is 4.79 Å². The van der Waals surface area contributed by atoms with Gasteiger partial charge in [-0.1, -0.05) is 28.1 Å². The molecule has 26 heavy (non-hydrogen) atoms. The fourth-order valence-corrected chi connectivity index (χ4v) is 3.75. The molecule has 0 radical (unpaired) electrons. The molecule has 4 rings (SSSR count). The summed E-state index contributed by atoms with van der Waals surface area (Å²) in [7, 11) is 0. The normalized spacial score (nSPS) is 17.7. The Kier molecular flexibility index (Phi) is 4.59. The Balaban J connectivity index is 1.57. The number of hydrogen-bond acceptors (Lipinski definition) is 2. The summed E-state index contributed by atoms with van der Waals surface area (Å²) in [4.78, 5) is 18.3. The first-order valence-electron chi connectivity index (χ1n) is 8.78. The number of carbonyl (C=O) groups excluding carboxylic acids is 1. The number of aromatic nitrogens is 1. The van der Waals surface area contributed by atoms with Crippen molar-refractivity contribution in [3.8, 4) is 0 Å². The lowest BCUT2D eigenvalue weighted by atomic mass is 10.1. The van der Waals surface area contributed by atoms with E-state index in [-0.39, 0.29) is 12.0 Å². The molecule has 134 valence electrons. The molecule has 5 heteroatoms. The average Bonchev–Trinajstić information content (AvgIpc) is 2.95. The van der Waals surface area contributed by atoms with Gasteiger partial charge in [0.15, 0.2) is 0 Å². The van der Waals surface area contributed by atoms with Gasteiger partial charge < -0.3 is 14.6 Å². The quantitative estimate of drug-likeness (QED) is 0.659. The lowest BCUT2D eigenvalue weighted by Crippen LogP contribution is -2.42. The molecule has 1 fully saturated rings. The van der Waals surface area contributed by atoms with Crippen LogP contribution in [0.15, 0.2) is 46.9 Å². The van der Waals surface area contributed by atoms with Gasteiger partial charge in [0.05, 0.1) is 13.2 Å². The topological polar surface area (TPSA) is 45.3 Å². The molecular formula is C21H21BrN2O2. The summed E-state index contributed by atoms with van der Waals surface area (Å²) in [5.74, 6) is 0.0653. The van der Waals surface area contributed by atoms with Gasteiger partial charge in [-0.3, -0.25) is 4.79 Å². The number of aromatic amines is 1. The number of amides is 1. The second kappa shape index (κ2) is 6.89. The Hall–Kier alpha value is -2.11. The Morgan fingerprint density at radius 1 is 1.19 bits per heavy atom. The zero-order chi connectivity index (χ0) is 18.3. The van der Waals surface area contributed by atoms with Gasteiger partial charge in [0.1, 0.15) is 6.10 Å². The van der Waals surface area contributed by atoms with E-state index in [1.54, 1.807) is 0 Å². The van der Waals surface area contributed by atoms with Crippen LogP contribution in [0.2, 0.25) is 0 Å². The third kappa shape index (κ3) is 3.17. The smallest absolute Gasteiger partial charge is 0.254 e. The number of hydrogen-bond donors (Lipinski definition) is 1. The van der Waals surface area contributed by atoms with Crippen molar-refractivity contribution in [3.05, 3.63) is 69.3 Å². The highest BCUT2D eigenvalue weighted by Gasteiger charge is 2.26. The number of fused-ring (bicyclic) bond motifs is 1. The molecule has 1 atom stereocenters. The second-order valence-corrected chi connectivity index (χ2v) is 7.71. The van der Waals surface area contributed by atoms with Crippen LogP contribution in [0.3, 0.4) is 0 Å². The predicted octanol–water partition coefficient (Wildman–Crippen LogP) is 4.76. The fourth-order valence-electron chi connectivity index (χ4n) is 3.49. The number of H-pyrrole nitrogens is 1. The first-order valence-corrected chi connectivity index (χ1v) is 9.57. The highest BCUT2D eigenvalue weighted by atomic mass is 79.9. The van der Waals surface area contributed by atoms with Crippen molar-refractivity contribution in [2.45, 2.75) is 20.0 Å². The number of morpholine rings is 1. The molecule has 1 aliphatic rings. The summed E-state index contributed by atoms with van der Waals surface area (Å²) in [6.07, 6.45) is -0.0826. The predicted molar refractivity (Wildman–Crippen MR) is 107 cm³/mol. The average molecular weight is 413 g/mol. The maximum absolute atomic E-state index is 13.0. The minimum Gasteiger partial charge on any atom is -0.370 e. The first kappa shape index (κ1) is 17.3. The molecule has 4 nitrogen and oxygen atoms in total. The van der Waals surface area contributed by atoms with E-state index in [1.807, 2.05) is 47.4 Å². The number of nitrogens with one attached hydrogen (secondary N) is 1. The van der Waals surface area contributed by atoms with Gasteiger partial charge in [-0.25, -0.2) is 0 Å². The summed E-state index contributed by atoms with van der Waals surface area (Å²) < 4.78 is 6.94. The van der Waals surface area contributed by atoms with Crippen molar-refractivity contribution in [3.63, 3.8) is 0 Å². The van der Waals surface area contributed by atoms with Gasteiger partial charge in [-0.2, -0.15) is 0 Å². The minimum atomic E-state index is -0.0826. The summed E-state index contributed by atoms with van der Waals surface area (Å²) in [6, 6.07) is 14.0. The number of carbonyl (C=O) groups is 1. The molecule has 3 aromatic rings. The highest BCUT2D eigenvalue weighted by molar-refractivity contribution is 9.10. The Labute approximate surface area is 161 Å². The Bertz CT molecular complexity index is 962. The van der Waals surface area contributed by atoms with Crippen molar-refractivity contribution in [1.82, 2.24) is 9.88 Å². The monoisotopic (exact) mass is 412 g/mol. The molecule has 1 amide bonds. The van der Waals surface area contributed by atoms with Gasteiger partial charge in [-0.05, 0) is 55.3 Å². The lowest BCUT2D eigenvalue weighted by molar-refractivity contribution is -0.0228. The van der Waals surface area contributed by atoms with E-state index in [2.05, 4.69) is 34.8 Å². The summed E-state index contributed by atoms with van der Waals surface area (Å²) >= 11 is 3.45. The number of aryl methyl sites for hydroxylation is 2. The number of halogens is 1. The largest absolute Gasteiger partial charge is 0.370 e. The molecule has 1 aliphatic heterocycles. The van der Waals surface area contributed by atoms with Gasteiger partial charge in [0.25, 0.3) is 5.91 Å². The van der Waals surface area contributed by atoms with Crippen LogP contribution in [-0.4, -0.2) is 35.5 Å². The SMILES string of the molecule is Cc1[nH]c2ccc(C(=O)N3CCOC(c4ccc(Br)cc4)C3)cc2c1C. The molecule has 2 heterocycles. The van der Waals surface area contributed by atoms with Gasteiger partial charge >= 0.3 is 0 Å². The van der Waals surface area contributed by atoms with E-state index in [4.69, 9.17) is 4.74 Å². The maximum atomic E-state index is 13.0. The van der Waals surface area contributed by atoms with Crippen LogP contribution in [0, 0.1) is 13.8 Å². The van der Waals surface area contributed by atoms with Crippen LogP contribution in [0.5, 0.6) is 0 Å². The fraction of sp³-hybridized carbons (Fsp3) is 0.286. The molecule has 1 aromatic heterocycles. The number of benzene rings is 2. The van der Waals surface area contributed by atoms with Crippen molar-refractivity contribution in [1.29, 1.82) is 0 Å². The molecule has 1 N–H and O–H groups in total. The van der Waals surface area contributed by atoms with Crippen LogP contribution in [0.1, 0.15) is 33.3 Å². The van der Waals surface area contributed by atoms with Crippen LogP contribution in [0.4, 0.5) is 0 Å². The van der Waals surface area contributed by atoms with Crippen molar-refractivity contribution >= 4 is 32.7 Å². The molecular weight excluding hydrogens is 392 g/mol. The zero-order valence-corrected chi connectivity index (χ0v) is 16.5. The summed E-state index contributed by atoms with van der Waals surface area (Å²) in [5, 5.41) is 1.12. The van der Waals surface area contributed by atoms with E-state index in [0.29, 0.717) is 19.7 Å². The molecule has 0 bridgehead atoms. The molecule has 0 aliphatic carbocycles. The third-order valence-electron chi connectivity index (χ3n) is 5.15. The van der Waals surface area contributed by atoms with Crippen molar-refractivity contribution in [2.24, 2.45) is 0 Å². The van der Waals surface area contributed by atoms with Crippen LogP contribution < -0.4 is 0 Å².